The first-order chi connectivity index (χ1) is 11.0. The maximum absolute atomic E-state index is 12.5. The van der Waals surface area contributed by atoms with Gasteiger partial charge in [-0.15, -0.1) is 20.4 Å². The lowest BCUT2D eigenvalue weighted by Crippen LogP contribution is -2.39. The van der Waals surface area contributed by atoms with Crippen molar-refractivity contribution in [2.75, 3.05) is 24.6 Å². The molecule has 0 aliphatic carbocycles. The fourth-order valence-corrected chi connectivity index (χ4v) is 2.19. The average molecular weight is 329 g/mol. The molecule has 2 aromatic heterocycles. The molecule has 1 fully saturated rings. The molecule has 0 aromatic carbocycles. The van der Waals surface area contributed by atoms with E-state index in [0.29, 0.717) is 43.7 Å². The van der Waals surface area contributed by atoms with Gasteiger partial charge in [0.05, 0.1) is 13.2 Å². The van der Waals surface area contributed by atoms with Gasteiger partial charge in [0.15, 0.2) is 17.6 Å². The Hall–Kier alpha value is -2.23. The molecule has 0 radical (unpaired) electrons. The summed E-state index contributed by atoms with van der Waals surface area (Å²) in [5.74, 6) is 1.21. The van der Waals surface area contributed by atoms with Crippen LogP contribution in [0.5, 0.6) is 0 Å². The monoisotopic (exact) mass is 329 g/mol. The maximum Gasteiger partial charge on any atom is 0.435 e. The Morgan fingerprint density at radius 3 is 2.65 bits per heavy atom. The lowest BCUT2D eigenvalue weighted by molar-refractivity contribution is -0.141. The second-order valence-electron chi connectivity index (χ2n) is 4.97. The van der Waals surface area contributed by atoms with E-state index in [1.165, 1.54) is 6.07 Å². The van der Waals surface area contributed by atoms with Crippen LogP contribution in [0.1, 0.15) is 30.5 Å². The SMILES string of the molecule is CCc1nnc(C2CN(c3ccc(C(F)(F)F)nn3)CCO2)o1. The zero-order valence-electron chi connectivity index (χ0n) is 12.2. The number of rotatable bonds is 3. The topological polar surface area (TPSA) is 77.2 Å². The van der Waals surface area contributed by atoms with Crippen LogP contribution in [0.3, 0.4) is 0 Å². The number of hydrogen-bond donors (Lipinski definition) is 0. The second-order valence-corrected chi connectivity index (χ2v) is 4.97. The number of hydrogen-bond acceptors (Lipinski definition) is 7. The molecule has 10 heteroatoms. The minimum atomic E-state index is -4.50. The van der Waals surface area contributed by atoms with Gasteiger partial charge >= 0.3 is 6.18 Å². The Labute approximate surface area is 129 Å². The number of aryl methyl sites for hydroxylation is 1. The molecule has 124 valence electrons. The molecular formula is C13H14F3N5O2. The molecule has 7 nitrogen and oxygen atoms in total. The third kappa shape index (κ3) is 3.41. The molecule has 1 aliphatic heterocycles. The second kappa shape index (κ2) is 6.11. The van der Waals surface area contributed by atoms with Crippen molar-refractivity contribution in [1.29, 1.82) is 0 Å². The van der Waals surface area contributed by atoms with Crippen LogP contribution in [0.4, 0.5) is 19.0 Å². The third-order valence-corrected chi connectivity index (χ3v) is 3.39. The summed E-state index contributed by atoms with van der Waals surface area (Å²) in [7, 11) is 0. The number of halogens is 3. The van der Waals surface area contributed by atoms with E-state index in [4.69, 9.17) is 9.15 Å². The van der Waals surface area contributed by atoms with Crippen LogP contribution in [-0.4, -0.2) is 40.1 Å². The molecule has 23 heavy (non-hydrogen) atoms. The first kappa shape index (κ1) is 15.7. The van der Waals surface area contributed by atoms with E-state index in [1.54, 1.807) is 4.90 Å². The smallest absolute Gasteiger partial charge is 0.422 e. The van der Waals surface area contributed by atoms with E-state index >= 15 is 0 Å². The van der Waals surface area contributed by atoms with Gasteiger partial charge in [0, 0.05) is 13.0 Å². The van der Waals surface area contributed by atoms with Crippen molar-refractivity contribution < 1.29 is 22.3 Å². The minimum absolute atomic E-state index is 0.349. The quantitative estimate of drug-likeness (QED) is 0.852. The van der Waals surface area contributed by atoms with Crippen LogP contribution in [0, 0.1) is 0 Å². The van der Waals surface area contributed by atoms with E-state index in [1.807, 2.05) is 6.92 Å². The predicted molar refractivity (Wildman–Crippen MR) is 71.6 cm³/mol. The van der Waals surface area contributed by atoms with Crippen LogP contribution in [0.15, 0.2) is 16.5 Å². The Morgan fingerprint density at radius 2 is 2.04 bits per heavy atom. The van der Waals surface area contributed by atoms with Crippen molar-refractivity contribution in [3.05, 3.63) is 29.6 Å². The van der Waals surface area contributed by atoms with Crippen LogP contribution >= 0.6 is 0 Å². The molecule has 1 aliphatic rings. The highest BCUT2D eigenvalue weighted by Crippen LogP contribution is 2.29. The molecule has 1 saturated heterocycles. The van der Waals surface area contributed by atoms with Crippen LogP contribution in [0.2, 0.25) is 0 Å². The molecule has 1 unspecified atom stereocenters. The summed E-state index contributed by atoms with van der Waals surface area (Å²) in [4.78, 5) is 1.77. The molecule has 0 amide bonds. The molecule has 0 saturated carbocycles. The van der Waals surface area contributed by atoms with Gasteiger partial charge in [0.1, 0.15) is 0 Å². The molecular weight excluding hydrogens is 315 g/mol. The fraction of sp³-hybridized carbons (Fsp3) is 0.538. The lowest BCUT2D eigenvalue weighted by atomic mass is 10.2. The van der Waals surface area contributed by atoms with Gasteiger partial charge in [0.2, 0.25) is 11.8 Å². The van der Waals surface area contributed by atoms with Crippen molar-refractivity contribution >= 4 is 5.82 Å². The standard InChI is InChI=1S/C13H14F3N5O2/c1-2-11-19-20-12(23-11)8-7-21(5-6-22-8)10-4-3-9(17-18-10)13(14,15)16/h3-4,8H,2,5-7H2,1H3. The predicted octanol–water partition coefficient (Wildman–Crippen LogP) is 2.02. The van der Waals surface area contributed by atoms with E-state index in [0.717, 1.165) is 6.07 Å². The number of aromatic nitrogens is 4. The molecule has 1 atom stereocenters. The lowest BCUT2D eigenvalue weighted by Gasteiger charge is -2.31. The number of ether oxygens (including phenoxy) is 1. The van der Waals surface area contributed by atoms with Crippen LogP contribution in [0.25, 0.3) is 0 Å². The molecule has 0 bridgehead atoms. The largest absolute Gasteiger partial charge is 0.435 e. The van der Waals surface area contributed by atoms with Crippen LogP contribution < -0.4 is 4.90 Å². The van der Waals surface area contributed by atoms with Gasteiger partial charge in [0.25, 0.3) is 0 Å². The van der Waals surface area contributed by atoms with Gasteiger partial charge in [-0.05, 0) is 12.1 Å². The van der Waals surface area contributed by atoms with E-state index < -0.39 is 18.0 Å². The highest BCUT2D eigenvalue weighted by Gasteiger charge is 2.33. The summed E-state index contributed by atoms with van der Waals surface area (Å²) in [5, 5.41) is 14.7. The fourth-order valence-electron chi connectivity index (χ4n) is 2.19. The van der Waals surface area contributed by atoms with Crippen molar-refractivity contribution in [3.8, 4) is 0 Å². The minimum Gasteiger partial charge on any atom is -0.422 e. The Bertz CT molecular complexity index is 658. The van der Waals surface area contributed by atoms with Crippen molar-refractivity contribution in [2.45, 2.75) is 25.6 Å². The summed E-state index contributed by atoms with van der Waals surface area (Å²) < 4.78 is 48.6. The summed E-state index contributed by atoms with van der Waals surface area (Å²) in [6.45, 7) is 3.11. The number of anilines is 1. The van der Waals surface area contributed by atoms with Gasteiger partial charge in [-0.25, -0.2) is 0 Å². The van der Waals surface area contributed by atoms with Gasteiger partial charge in [-0.2, -0.15) is 13.2 Å². The maximum atomic E-state index is 12.5. The van der Waals surface area contributed by atoms with Crippen molar-refractivity contribution in [3.63, 3.8) is 0 Å². The summed E-state index contributed by atoms with van der Waals surface area (Å²) >= 11 is 0. The highest BCUT2D eigenvalue weighted by atomic mass is 19.4. The Morgan fingerprint density at radius 1 is 1.22 bits per heavy atom. The summed E-state index contributed by atoms with van der Waals surface area (Å²) in [5.41, 5.74) is -1.02. The summed E-state index contributed by atoms with van der Waals surface area (Å²) in [6.07, 6.45) is -4.33. The number of morpholine rings is 1. The number of alkyl halides is 3. The van der Waals surface area contributed by atoms with E-state index in [9.17, 15) is 13.2 Å². The zero-order chi connectivity index (χ0) is 16.4. The molecule has 3 rings (SSSR count). The van der Waals surface area contributed by atoms with Crippen LogP contribution in [-0.2, 0) is 17.3 Å². The van der Waals surface area contributed by atoms with E-state index in [-0.39, 0.29) is 0 Å². The van der Waals surface area contributed by atoms with Crippen molar-refractivity contribution in [2.24, 2.45) is 0 Å². The average Bonchev–Trinajstić information content (AvgIpc) is 3.03. The first-order valence-corrected chi connectivity index (χ1v) is 7.07. The van der Waals surface area contributed by atoms with E-state index in [2.05, 4.69) is 20.4 Å². The zero-order valence-corrected chi connectivity index (χ0v) is 12.2. The highest BCUT2D eigenvalue weighted by molar-refractivity contribution is 5.38. The van der Waals surface area contributed by atoms with Gasteiger partial charge < -0.3 is 14.1 Å². The van der Waals surface area contributed by atoms with Gasteiger partial charge in [-0.1, -0.05) is 6.92 Å². The third-order valence-electron chi connectivity index (χ3n) is 3.39. The normalized spacial score (nSPS) is 19.1. The van der Waals surface area contributed by atoms with Gasteiger partial charge in [-0.3, -0.25) is 0 Å². The van der Waals surface area contributed by atoms with Crippen molar-refractivity contribution in [1.82, 2.24) is 20.4 Å². The summed E-state index contributed by atoms with van der Waals surface area (Å²) in [6, 6.07) is 2.21. The molecule has 2 aromatic rings. The molecule has 3 heterocycles. The Kier molecular flexibility index (Phi) is 4.16. The molecule has 0 N–H and O–H groups in total. The first-order valence-electron chi connectivity index (χ1n) is 7.07. The number of nitrogens with zero attached hydrogens (tertiary/aromatic N) is 5. The molecule has 0 spiro atoms. The Balaban J connectivity index is 1.73.